The van der Waals surface area contributed by atoms with Crippen LogP contribution in [-0.2, 0) is 6.54 Å². The molecule has 0 saturated heterocycles. The molecule has 0 aliphatic heterocycles. The van der Waals surface area contributed by atoms with Gasteiger partial charge in [-0.1, -0.05) is 0 Å². The third-order valence-corrected chi connectivity index (χ3v) is 4.37. The monoisotopic (exact) mass is 367 g/mol. The summed E-state index contributed by atoms with van der Waals surface area (Å²) >= 11 is 5.24. The molecule has 0 unspecified atom stereocenters. The molecule has 8 heteroatoms. The van der Waals surface area contributed by atoms with Crippen LogP contribution in [0.15, 0.2) is 48.8 Å². The average Bonchev–Trinajstić information content (AvgIpc) is 3.43. The van der Waals surface area contributed by atoms with Crippen molar-refractivity contribution in [2.45, 2.75) is 25.4 Å². The van der Waals surface area contributed by atoms with Crippen LogP contribution in [-0.4, -0.2) is 25.7 Å². The summed E-state index contributed by atoms with van der Waals surface area (Å²) in [4.78, 5) is 16.4. The Labute approximate surface area is 155 Å². The fourth-order valence-electron chi connectivity index (χ4n) is 2.65. The molecule has 2 N–H and O–H groups in total. The van der Waals surface area contributed by atoms with Crippen molar-refractivity contribution in [2.75, 3.05) is 0 Å². The largest absolute Gasteiger partial charge is 0.456 e. The lowest BCUT2D eigenvalue weighted by atomic mass is 10.2. The molecule has 0 spiro atoms. The molecule has 4 rings (SSSR count). The first-order valence-corrected chi connectivity index (χ1v) is 8.73. The Balaban J connectivity index is 1.38. The molecule has 132 valence electrons. The zero-order valence-corrected chi connectivity index (χ0v) is 14.7. The molecule has 1 aliphatic rings. The first kappa shape index (κ1) is 16.5. The van der Waals surface area contributed by atoms with Crippen LogP contribution in [0.2, 0.25) is 0 Å². The van der Waals surface area contributed by atoms with E-state index in [1.165, 1.54) is 0 Å². The molecular formula is C18H17N5O2S. The third kappa shape index (κ3) is 3.65. The molecule has 0 atom stereocenters. The number of aromatic nitrogens is 4. The van der Waals surface area contributed by atoms with Gasteiger partial charge in [-0.3, -0.25) is 19.4 Å². The summed E-state index contributed by atoms with van der Waals surface area (Å²) in [5, 5.41) is 9.89. The number of hydrogen-bond donors (Lipinski definition) is 2. The van der Waals surface area contributed by atoms with Crippen LogP contribution >= 0.6 is 12.2 Å². The van der Waals surface area contributed by atoms with E-state index in [9.17, 15) is 4.79 Å². The van der Waals surface area contributed by atoms with E-state index in [2.05, 4.69) is 20.5 Å². The number of aromatic amines is 1. The third-order valence-electron chi connectivity index (χ3n) is 4.08. The molecule has 1 fully saturated rings. The van der Waals surface area contributed by atoms with E-state index in [0.717, 1.165) is 18.7 Å². The number of benzene rings is 1. The van der Waals surface area contributed by atoms with Crippen LogP contribution in [0.1, 0.15) is 35.1 Å². The van der Waals surface area contributed by atoms with Gasteiger partial charge < -0.3 is 10.1 Å². The van der Waals surface area contributed by atoms with Gasteiger partial charge in [0.25, 0.3) is 5.91 Å². The van der Waals surface area contributed by atoms with Gasteiger partial charge in [-0.15, -0.1) is 0 Å². The maximum absolute atomic E-state index is 12.4. The van der Waals surface area contributed by atoms with Gasteiger partial charge in [0.1, 0.15) is 11.5 Å². The maximum Gasteiger partial charge on any atom is 0.251 e. The average molecular weight is 367 g/mol. The SMILES string of the molecule is O=C(NCc1n[nH]c(=S)n1C1CC1)c1ccc(Oc2cccnc2)cc1. The van der Waals surface area contributed by atoms with E-state index in [-0.39, 0.29) is 5.91 Å². The molecule has 3 aromatic rings. The molecule has 1 amide bonds. The topological polar surface area (TPSA) is 84.8 Å². The Hall–Kier alpha value is -3.00. The highest BCUT2D eigenvalue weighted by atomic mass is 32.1. The predicted octanol–water partition coefficient (Wildman–Crippen LogP) is 3.39. The Morgan fingerprint density at radius 1 is 1.27 bits per heavy atom. The smallest absolute Gasteiger partial charge is 0.251 e. The fourth-order valence-corrected chi connectivity index (χ4v) is 2.95. The van der Waals surface area contributed by atoms with Crippen molar-refractivity contribution in [3.8, 4) is 11.5 Å². The summed E-state index contributed by atoms with van der Waals surface area (Å²) in [6, 6.07) is 11.0. The second-order valence-electron chi connectivity index (χ2n) is 6.04. The first-order valence-electron chi connectivity index (χ1n) is 8.32. The molecule has 1 aromatic carbocycles. The molecule has 1 saturated carbocycles. The van der Waals surface area contributed by atoms with Crippen LogP contribution in [0, 0.1) is 4.77 Å². The normalized spacial score (nSPS) is 13.4. The minimum absolute atomic E-state index is 0.172. The number of hydrogen-bond acceptors (Lipinski definition) is 5. The molecule has 7 nitrogen and oxygen atoms in total. The zero-order chi connectivity index (χ0) is 17.9. The van der Waals surface area contributed by atoms with E-state index < -0.39 is 0 Å². The van der Waals surface area contributed by atoms with E-state index >= 15 is 0 Å². The standard InChI is InChI=1S/C18H17N5O2S/c24-17(20-11-16-21-22-18(26)23(16)13-5-6-13)12-3-7-14(8-4-12)25-15-2-1-9-19-10-15/h1-4,7-10,13H,5-6,11H2,(H,20,24)(H,22,26). The van der Waals surface area contributed by atoms with Gasteiger partial charge in [0, 0.05) is 17.8 Å². The maximum atomic E-state index is 12.4. The number of carbonyl (C=O) groups is 1. The molecule has 1 aliphatic carbocycles. The minimum atomic E-state index is -0.172. The summed E-state index contributed by atoms with van der Waals surface area (Å²) in [5.74, 6) is 1.87. The van der Waals surface area contributed by atoms with Gasteiger partial charge in [-0.25, -0.2) is 0 Å². The van der Waals surface area contributed by atoms with Crippen molar-refractivity contribution >= 4 is 18.1 Å². The lowest BCUT2D eigenvalue weighted by molar-refractivity contribution is 0.0949. The molecule has 2 aromatic heterocycles. The van der Waals surface area contributed by atoms with E-state index in [1.807, 2.05) is 10.6 Å². The highest BCUT2D eigenvalue weighted by molar-refractivity contribution is 7.71. The summed E-state index contributed by atoms with van der Waals surface area (Å²) in [6.45, 7) is 0.330. The van der Waals surface area contributed by atoms with Crippen LogP contribution in [0.5, 0.6) is 11.5 Å². The number of ether oxygens (including phenoxy) is 1. The fraction of sp³-hybridized carbons (Fsp3) is 0.222. The van der Waals surface area contributed by atoms with Crippen molar-refractivity contribution in [1.82, 2.24) is 25.1 Å². The summed E-state index contributed by atoms with van der Waals surface area (Å²) in [7, 11) is 0. The number of nitrogens with zero attached hydrogens (tertiary/aromatic N) is 3. The summed E-state index contributed by atoms with van der Waals surface area (Å²) in [6.07, 6.45) is 5.52. The first-order chi connectivity index (χ1) is 12.7. The summed E-state index contributed by atoms with van der Waals surface area (Å²) in [5.41, 5.74) is 0.552. The highest BCUT2D eigenvalue weighted by Crippen LogP contribution is 2.35. The van der Waals surface area contributed by atoms with Crippen molar-refractivity contribution in [3.63, 3.8) is 0 Å². The van der Waals surface area contributed by atoms with Crippen LogP contribution in [0.3, 0.4) is 0 Å². The predicted molar refractivity (Wildman–Crippen MR) is 97.6 cm³/mol. The van der Waals surface area contributed by atoms with Crippen molar-refractivity contribution in [2.24, 2.45) is 0 Å². The van der Waals surface area contributed by atoms with Crippen LogP contribution < -0.4 is 10.1 Å². The van der Waals surface area contributed by atoms with Gasteiger partial charge in [-0.2, -0.15) is 5.10 Å². The Bertz CT molecular complexity index is 961. The van der Waals surface area contributed by atoms with Crippen LogP contribution in [0.25, 0.3) is 0 Å². The molecule has 0 radical (unpaired) electrons. The Morgan fingerprint density at radius 3 is 2.77 bits per heavy atom. The van der Waals surface area contributed by atoms with Gasteiger partial charge in [-0.05, 0) is 61.5 Å². The lowest BCUT2D eigenvalue weighted by Gasteiger charge is -2.08. The minimum Gasteiger partial charge on any atom is -0.456 e. The number of pyridine rings is 1. The number of carbonyl (C=O) groups excluding carboxylic acids is 1. The second kappa shape index (κ2) is 7.09. The second-order valence-corrected chi connectivity index (χ2v) is 6.43. The number of amides is 1. The molecule has 26 heavy (non-hydrogen) atoms. The van der Waals surface area contributed by atoms with E-state index in [1.54, 1.807) is 42.7 Å². The van der Waals surface area contributed by atoms with Gasteiger partial charge >= 0.3 is 0 Å². The zero-order valence-electron chi connectivity index (χ0n) is 13.9. The lowest BCUT2D eigenvalue weighted by Crippen LogP contribution is -2.24. The summed E-state index contributed by atoms with van der Waals surface area (Å²) < 4.78 is 8.26. The quantitative estimate of drug-likeness (QED) is 0.652. The van der Waals surface area contributed by atoms with Crippen molar-refractivity contribution in [3.05, 3.63) is 65.0 Å². The Morgan fingerprint density at radius 2 is 2.08 bits per heavy atom. The van der Waals surface area contributed by atoms with Crippen molar-refractivity contribution in [1.29, 1.82) is 0 Å². The van der Waals surface area contributed by atoms with Gasteiger partial charge in [0.2, 0.25) is 0 Å². The molecule has 2 heterocycles. The number of rotatable bonds is 6. The molecule has 0 bridgehead atoms. The van der Waals surface area contributed by atoms with Gasteiger partial charge in [0.05, 0.1) is 12.7 Å². The van der Waals surface area contributed by atoms with Crippen molar-refractivity contribution < 1.29 is 9.53 Å². The molecular weight excluding hydrogens is 350 g/mol. The van der Waals surface area contributed by atoms with E-state index in [0.29, 0.717) is 34.4 Å². The number of nitrogens with one attached hydrogen (secondary N) is 2. The van der Waals surface area contributed by atoms with Gasteiger partial charge in [0.15, 0.2) is 10.6 Å². The van der Waals surface area contributed by atoms with Crippen LogP contribution in [0.4, 0.5) is 0 Å². The highest BCUT2D eigenvalue weighted by Gasteiger charge is 2.27. The van der Waals surface area contributed by atoms with E-state index in [4.69, 9.17) is 17.0 Å². The number of H-pyrrole nitrogens is 1. The Kier molecular flexibility index (Phi) is 4.49.